The number of aryl methyl sites for hydroxylation is 1. The molecule has 1 aliphatic rings. The highest BCUT2D eigenvalue weighted by Crippen LogP contribution is 2.27. The second-order valence-electron chi connectivity index (χ2n) is 6.78. The van der Waals surface area contributed by atoms with E-state index >= 15 is 0 Å². The van der Waals surface area contributed by atoms with E-state index in [0.717, 1.165) is 25.2 Å². The van der Waals surface area contributed by atoms with Crippen LogP contribution < -0.4 is 0 Å². The third kappa shape index (κ3) is 3.37. The normalized spacial score (nSPS) is 15.5. The fourth-order valence-corrected chi connectivity index (χ4v) is 4.45. The summed E-state index contributed by atoms with van der Waals surface area (Å²) in [6.07, 6.45) is 0. The Morgan fingerprint density at radius 1 is 1.12 bits per heavy atom. The SMILES string of the molecule is Cc1ccc(F)cc1C(=O)N1CCN(Cc2csc3ccccc23)CC1. The Hall–Kier alpha value is -2.24. The van der Waals surface area contributed by atoms with Gasteiger partial charge in [0.1, 0.15) is 5.82 Å². The van der Waals surface area contributed by atoms with Crippen LogP contribution in [0.25, 0.3) is 10.1 Å². The molecule has 1 amide bonds. The van der Waals surface area contributed by atoms with Gasteiger partial charge in [-0.15, -0.1) is 11.3 Å². The zero-order chi connectivity index (χ0) is 18.1. The number of piperazine rings is 1. The Kier molecular flexibility index (Phi) is 4.74. The third-order valence-corrected chi connectivity index (χ3v) is 6.06. The Labute approximate surface area is 156 Å². The number of hydrogen-bond acceptors (Lipinski definition) is 3. The number of halogens is 1. The molecule has 2 heterocycles. The first-order valence-corrected chi connectivity index (χ1v) is 9.72. The maximum Gasteiger partial charge on any atom is 0.254 e. The van der Waals surface area contributed by atoms with Gasteiger partial charge in [0.05, 0.1) is 0 Å². The van der Waals surface area contributed by atoms with Crippen LogP contribution in [-0.4, -0.2) is 41.9 Å². The zero-order valence-corrected chi connectivity index (χ0v) is 15.6. The molecule has 0 radical (unpaired) electrons. The van der Waals surface area contributed by atoms with Gasteiger partial charge < -0.3 is 4.90 Å². The Balaban J connectivity index is 1.41. The highest BCUT2D eigenvalue weighted by molar-refractivity contribution is 7.17. The molecule has 1 aliphatic heterocycles. The molecule has 1 fully saturated rings. The number of thiophene rings is 1. The van der Waals surface area contributed by atoms with Crippen molar-refractivity contribution in [2.75, 3.05) is 26.2 Å². The number of carbonyl (C=O) groups is 1. The number of hydrogen-bond donors (Lipinski definition) is 0. The number of amides is 1. The van der Waals surface area contributed by atoms with Crippen molar-refractivity contribution in [3.8, 4) is 0 Å². The summed E-state index contributed by atoms with van der Waals surface area (Å²) in [5, 5.41) is 3.56. The molecule has 1 aromatic heterocycles. The predicted molar refractivity (Wildman–Crippen MR) is 104 cm³/mol. The van der Waals surface area contributed by atoms with Crippen LogP contribution in [0.4, 0.5) is 4.39 Å². The van der Waals surface area contributed by atoms with Crippen molar-refractivity contribution in [3.63, 3.8) is 0 Å². The topological polar surface area (TPSA) is 23.6 Å². The van der Waals surface area contributed by atoms with Crippen LogP contribution in [0.2, 0.25) is 0 Å². The highest BCUT2D eigenvalue weighted by atomic mass is 32.1. The fraction of sp³-hybridized carbons (Fsp3) is 0.286. The molecule has 2 aromatic carbocycles. The standard InChI is InChI=1S/C21H21FN2OS/c1-15-6-7-17(22)12-19(15)21(25)24-10-8-23(9-11-24)13-16-14-26-20-5-3-2-4-18(16)20/h2-7,12,14H,8-11,13H2,1H3. The lowest BCUT2D eigenvalue weighted by Crippen LogP contribution is -2.48. The maximum absolute atomic E-state index is 13.5. The van der Waals surface area contributed by atoms with Crippen molar-refractivity contribution in [2.45, 2.75) is 13.5 Å². The van der Waals surface area contributed by atoms with E-state index in [9.17, 15) is 9.18 Å². The quantitative estimate of drug-likeness (QED) is 0.688. The molecule has 0 atom stereocenters. The van der Waals surface area contributed by atoms with Crippen LogP contribution in [0, 0.1) is 12.7 Å². The van der Waals surface area contributed by atoms with Gasteiger partial charge in [-0.05, 0) is 47.0 Å². The van der Waals surface area contributed by atoms with E-state index in [1.54, 1.807) is 17.4 Å². The molecule has 1 saturated heterocycles. The molecule has 3 aromatic rings. The van der Waals surface area contributed by atoms with Crippen molar-refractivity contribution in [1.29, 1.82) is 0 Å². The first-order chi connectivity index (χ1) is 12.6. The third-order valence-electron chi connectivity index (χ3n) is 5.04. The van der Waals surface area contributed by atoms with Gasteiger partial charge in [0.2, 0.25) is 0 Å². The molecule has 0 saturated carbocycles. The maximum atomic E-state index is 13.5. The minimum absolute atomic E-state index is 0.0670. The van der Waals surface area contributed by atoms with Crippen molar-refractivity contribution >= 4 is 27.3 Å². The average Bonchev–Trinajstić information content (AvgIpc) is 3.07. The smallest absolute Gasteiger partial charge is 0.254 e. The average molecular weight is 368 g/mol. The molecule has 0 N–H and O–H groups in total. The zero-order valence-electron chi connectivity index (χ0n) is 14.7. The lowest BCUT2D eigenvalue weighted by Gasteiger charge is -2.35. The Morgan fingerprint density at radius 2 is 1.88 bits per heavy atom. The summed E-state index contributed by atoms with van der Waals surface area (Å²) in [4.78, 5) is 16.9. The van der Waals surface area contributed by atoms with Crippen LogP contribution in [0.5, 0.6) is 0 Å². The van der Waals surface area contributed by atoms with Gasteiger partial charge in [-0.1, -0.05) is 24.3 Å². The van der Waals surface area contributed by atoms with Gasteiger partial charge in [0, 0.05) is 43.0 Å². The van der Waals surface area contributed by atoms with Gasteiger partial charge in [-0.25, -0.2) is 4.39 Å². The summed E-state index contributed by atoms with van der Waals surface area (Å²) in [5.41, 5.74) is 2.65. The van der Waals surface area contributed by atoms with E-state index in [-0.39, 0.29) is 11.7 Å². The molecule has 26 heavy (non-hydrogen) atoms. The van der Waals surface area contributed by atoms with Crippen LogP contribution >= 0.6 is 11.3 Å². The summed E-state index contributed by atoms with van der Waals surface area (Å²) in [7, 11) is 0. The van der Waals surface area contributed by atoms with Crippen molar-refractivity contribution in [3.05, 3.63) is 70.4 Å². The van der Waals surface area contributed by atoms with Gasteiger partial charge in [0.25, 0.3) is 5.91 Å². The molecule has 0 unspecified atom stereocenters. The predicted octanol–water partition coefficient (Wildman–Crippen LogP) is 4.31. The number of carbonyl (C=O) groups excluding carboxylic acids is 1. The number of nitrogens with zero attached hydrogens (tertiary/aromatic N) is 2. The summed E-state index contributed by atoms with van der Waals surface area (Å²) in [6.45, 7) is 5.79. The summed E-state index contributed by atoms with van der Waals surface area (Å²) >= 11 is 1.78. The van der Waals surface area contributed by atoms with Crippen molar-refractivity contribution in [1.82, 2.24) is 9.80 Å². The van der Waals surface area contributed by atoms with E-state index in [2.05, 4.69) is 34.5 Å². The van der Waals surface area contributed by atoms with Crippen LogP contribution in [0.1, 0.15) is 21.5 Å². The van der Waals surface area contributed by atoms with E-state index in [0.29, 0.717) is 18.7 Å². The first kappa shape index (κ1) is 17.2. The first-order valence-electron chi connectivity index (χ1n) is 8.85. The fourth-order valence-electron chi connectivity index (χ4n) is 3.50. The second kappa shape index (κ2) is 7.17. The van der Waals surface area contributed by atoms with E-state index in [4.69, 9.17) is 0 Å². The molecular formula is C21H21FN2OS. The molecule has 3 nitrogen and oxygen atoms in total. The largest absolute Gasteiger partial charge is 0.336 e. The lowest BCUT2D eigenvalue weighted by molar-refractivity contribution is 0.0628. The lowest BCUT2D eigenvalue weighted by atomic mass is 10.1. The number of benzene rings is 2. The van der Waals surface area contributed by atoms with Crippen molar-refractivity contribution in [2.24, 2.45) is 0 Å². The minimum Gasteiger partial charge on any atom is -0.336 e. The molecule has 0 bridgehead atoms. The molecular weight excluding hydrogens is 347 g/mol. The van der Waals surface area contributed by atoms with Crippen LogP contribution in [0.15, 0.2) is 47.8 Å². The summed E-state index contributed by atoms with van der Waals surface area (Å²) in [5.74, 6) is -0.426. The van der Waals surface area contributed by atoms with Gasteiger partial charge in [0.15, 0.2) is 0 Å². The van der Waals surface area contributed by atoms with E-state index in [1.165, 1.54) is 27.8 Å². The van der Waals surface area contributed by atoms with E-state index in [1.807, 2.05) is 11.8 Å². The monoisotopic (exact) mass is 368 g/mol. The van der Waals surface area contributed by atoms with Gasteiger partial charge in [-0.2, -0.15) is 0 Å². The molecule has 0 spiro atoms. The summed E-state index contributed by atoms with van der Waals surface area (Å²) < 4.78 is 14.8. The van der Waals surface area contributed by atoms with Crippen LogP contribution in [-0.2, 0) is 6.54 Å². The molecule has 134 valence electrons. The number of fused-ring (bicyclic) bond motifs is 1. The van der Waals surface area contributed by atoms with E-state index < -0.39 is 0 Å². The van der Waals surface area contributed by atoms with Crippen molar-refractivity contribution < 1.29 is 9.18 Å². The molecule has 0 aliphatic carbocycles. The Bertz CT molecular complexity index is 944. The van der Waals surface area contributed by atoms with Gasteiger partial charge >= 0.3 is 0 Å². The molecule has 5 heteroatoms. The highest BCUT2D eigenvalue weighted by Gasteiger charge is 2.24. The summed E-state index contributed by atoms with van der Waals surface area (Å²) in [6, 6.07) is 12.9. The van der Waals surface area contributed by atoms with Crippen LogP contribution in [0.3, 0.4) is 0 Å². The number of rotatable bonds is 3. The second-order valence-corrected chi connectivity index (χ2v) is 7.70. The Morgan fingerprint density at radius 3 is 2.69 bits per heavy atom. The molecule has 4 rings (SSSR count). The minimum atomic E-state index is -0.359. The van der Waals surface area contributed by atoms with Gasteiger partial charge in [-0.3, -0.25) is 9.69 Å².